The lowest BCUT2D eigenvalue weighted by molar-refractivity contribution is -0.137. The van der Waals surface area contributed by atoms with Gasteiger partial charge >= 0.3 is 6.18 Å². The second-order valence-electron chi connectivity index (χ2n) is 6.59. The molecule has 5 nitrogen and oxygen atoms in total. The van der Waals surface area contributed by atoms with Crippen molar-refractivity contribution in [3.05, 3.63) is 35.4 Å². The first-order valence-electron chi connectivity index (χ1n) is 8.34. The van der Waals surface area contributed by atoms with E-state index in [1.807, 2.05) is 7.05 Å². The van der Waals surface area contributed by atoms with E-state index in [-0.39, 0.29) is 17.2 Å². The van der Waals surface area contributed by atoms with Crippen molar-refractivity contribution in [3.8, 4) is 22.9 Å². The fourth-order valence-corrected chi connectivity index (χ4v) is 3.17. The Morgan fingerprint density at radius 2 is 2.00 bits per heavy atom. The Morgan fingerprint density at radius 1 is 1.23 bits per heavy atom. The fraction of sp³-hybridized carbons (Fsp3) is 0.444. The molecule has 1 aromatic carbocycles. The van der Waals surface area contributed by atoms with Crippen molar-refractivity contribution < 1.29 is 23.0 Å². The van der Waals surface area contributed by atoms with E-state index in [1.165, 1.54) is 6.92 Å². The summed E-state index contributed by atoms with van der Waals surface area (Å²) in [6.07, 6.45) is -2.50. The highest BCUT2D eigenvalue weighted by Crippen LogP contribution is 2.38. The number of phenols is 1. The number of aryl methyl sites for hydroxylation is 1. The number of benzene rings is 1. The normalized spacial score (nSPS) is 18.7. The van der Waals surface area contributed by atoms with Crippen LogP contribution in [-0.2, 0) is 6.18 Å². The number of likely N-dealkylation sites (tertiary alicyclic amines) is 1. The van der Waals surface area contributed by atoms with Gasteiger partial charge < -0.3 is 14.7 Å². The third-order valence-electron chi connectivity index (χ3n) is 4.41. The van der Waals surface area contributed by atoms with Crippen molar-refractivity contribution in [2.45, 2.75) is 32.0 Å². The third-order valence-corrected chi connectivity index (χ3v) is 4.41. The largest absolute Gasteiger partial charge is 0.507 e. The van der Waals surface area contributed by atoms with Crippen LogP contribution < -0.4 is 4.74 Å². The summed E-state index contributed by atoms with van der Waals surface area (Å²) in [4.78, 5) is 2.18. The number of piperidine rings is 1. The van der Waals surface area contributed by atoms with E-state index in [0.717, 1.165) is 32.0 Å². The average molecular weight is 367 g/mol. The van der Waals surface area contributed by atoms with Gasteiger partial charge in [0, 0.05) is 18.2 Å². The van der Waals surface area contributed by atoms with Gasteiger partial charge in [0.1, 0.15) is 11.9 Å². The Morgan fingerprint density at radius 3 is 2.58 bits per heavy atom. The minimum atomic E-state index is -4.52. The summed E-state index contributed by atoms with van der Waals surface area (Å²) in [7, 11) is 2.03. The van der Waals surface area contributed by atoms with E-state index in [2.05, 4.69) is 15.1 Å². The van der Waals surface area contributed by atoms with Crippen molar-refractivity contribution in [2.24, 2.45) is 0 Å². The lowest BCUT2D eigenvalue weighted by atomic mass is 10.0. The summed E-state index contributed by atoms with van der Waals surface area (Å²) in [5.41, 5.74) is -0.101. The molecule has 0 aliphatic carbocycles. The van der Waals surface area contributed by atoms with Gasteiger partial charge in [-0.05, 0) is 57.1 Å². The fourth-order valence-electron chi connectivity index (χ4n) is 3.17. The zero-order valence-corrected chi connectivity index (χ0v) is 14.5. The molecule has 2 aromatic rings. The number of hydrogen-bond acceptors (Lipinski definition) is 5. The predicted molar refractivity (Wildman–Crippen MR) is 90.0 cm³/mol. The molecule has 26 heavy (non-hydrogen) atoms. The summed E-state index contributed by atoms with van der Waals surface area (Å²) < 4.78 is 44.3. The summed E-state index contributed by atoms with van der Waals surface area (Å²) in [5.74, 6) is -0.118. The zero-order chi connectivity index (χ0) is 18.9. The molecule has 0 amide bonds. The molecular weight excluding hydrogens is 347 g/mol. The van der Waals surface area contributed by atoms with Crippen molar-refractivity contribution in [2.75, 3.05) is 20.1 Å². The van der Waals surface area contributed by atoms with Crippen molar-refractivity contribution in [1.29, 1.82) is 0 Å². The Kier molecular flexibility index (Phi) is 5.04. The molecule has 1 atom stereocenters. The van der Waals surface area contributed by atoms with Gasteiger partial charge in [-0.25, -0.2) is 0 Å². The number of phenolic OH excluding ortho intramolecular Hbond substituents is 1. The van der Waals surface area contributed by atoms with Crippen LogP contribution >= 0.6 is 0 Å². The number of hydrogen-bond donors (Lipinski definition) is 1. The lowest BCUT2D eigenvalue weighted by Gasteiger charge is -2.29. The molecule has 1 N–H and O–H groups in total. The molecule has 2 heterocycles. The molecule has 1 aliphatic heterocycles. The van der Waals surface area contributed by atoms with Gasteiger partial charge in [0.2, 0.25) is 5.88 Å². The number of ether oxygens (including phenoxy) is 1. The van der Waals surface area contributed by atoms with Crippen molar-refractivity contribution in [3.63, 3.8) is 0 Å². The quantitative estimate of drug-likeness (QED) is 0.897. The number of aromatic nitrogens is 2. The third kappa shape index (κ3) is 4.07. The van der Waals surface area contributed by atoms with Crippen LogP contribution in [0.1, 0.15) is 24.0 Å². The predicted octanol–water partition coefficient (Wildman–Crippen LogP) is 3.65. The highest BCUT2D eigenvalue weighted by molar-refractivity contribution is 5.71. The first kappa shape index (κ1) is 18.4. The number of halogens is 3. The first-order valence-corrected chi connectivity index (χ1v) is 8.34. The maximum atomic E-state index is 12.8. The molecule has 1 saturated heterocycles. The SMILES string of the molecule is Cc1cc(C(F)(F)F)cc(O)c1-c1ccc(OC2CCCN(C)C2)nn1. The summed E-state index contributed by atoms with van der Waals surface area (Å²) in [5, 5.41) is 18.1. The zero-order valence-electron chi connectivity index (χ0n) is 14.5. The van der Waals surface area contributed by atoms with E-state index < -0.39 is 17.5 Å². The van der Waals surface area contributed by atoms with E-state index in [4.69, 9.17) is 4.74 Å². The van der Waals surface area contributed by atoms with Gasteiger partial charge in [0.15, 0.2) is 0 Å². The molecule has 1 fully saturated rings. The van der Waals surface area contributed by atoms with Gasteiger partial charge in [-0.2, -0.15) is 13.2 Å². The molecule has 1 aliphatic rings. The summed E-state index contributed by atoms with van der Waals surface area (Å²) >= 11 is 0. The van der Waals surface area contributed by atoms with Crippen LogP contribution in [0.4, 0.5) is 13.2 Å². The molecule has 8 heteroatoms. The molecular formula is C18H20F3N3O2. The van der Waals surface area contributed by atoms with Crippen LogP contribution in [0.25, 0.3) is 11.3 Å². The van der Waals surface area contributed by atoms with Crippen LogP contribution in [-0.4, -0.2) is 46.4 Å². The van der Waals surface area contributed by atoms with Crippen LogP contribution in [0.5, 0.6) is 11.6 Å². The number of alkyl halides is 3. The van der Waals surface area contributed by atoms with E-state index in [1.54, 1.807) is 12.1 Å². The molecule has 3 rings (SSSR count). The molecule has 0 bridgehead atoms. The molecule has 0 saturated carbocycles. The van der Waals surface area contributed by atoms with Crippen LogP contribution in [0.2, 0.25) is 0 Å². The Bertz CT molecular complexity index is 755. The Balaban J connectivity index is 1.80. The van der Waals surface area contributed by atoms with Crippen LogP contribution in [0.3, 0.4) is 0 Å². The maximum absolute atomic E-state index is 12.8. The molecule has 140 valence electrons. The summed E-state index contributed by atoms with van der Waals surface area (Å²) in [6, 6.07) is 4.89. The number of likely N-dealkylation sites (N-methyl/N-ethyl adjacent to an activating group) is 1. The topological polar surface area (TPSA) is 58.5 Å². The van der Waals surface area contributed by atoms with E-state index in [9.17, 15) is 18.3 Å². The van der Waals surface area contributed by atoms with Gasteiger partial charge in [-0.3, -0.25) is 0 Å². The van der Waals surface area contributed by atoms with Crippen molar-refractivity contribution in [1.82, 2.24) is 15.1 Å². The smallest absolute Gasteiger partial charge is 0.416 e. The van der Waals surface area contributed by atoms with E-state index in [0.29, 0.717) is 17.6 Å². The van der Waals surface area contributed by atoms with Crippen LogP contribution in [0.15, 0.2) is 24.3 Å². The monoisotopic (exact) mass is 367 g/mol. The molecule has 0 spiro atoms. The highest BCUT2D eigenvalue weighted by atomic mass is 19.4. The Hall–Kier alpha value is -2.35. The second-order valence-corrected chi connectivity index (χ2v) is 6.59. The highest BCUT2D eigenvalue weighted by Gasteiger charge is 2.32. The van der Waals surface area contributed by atoms with Gasteiger partial charge in [0.05, 0.1) is 11.3 Å². The Labute approximate surface area is 149 Å². The van der Waals surface area contributed by atoms with Gasteiger partial charge in [0.25, 0.3) is 0 Å². The lowest BCUT2D eigenvalue weighted by Crippen LogP contribution is -2.38. The van der Waals surface area contributed by atoms with Crippen molar-refractivity contribution >= 4 is 0 Å². The maximum Gasteiger partial charge on any atom is 0.416 e. The molecule has 1 aromatic heterocycles. The minimum Gasteiger partial charge on any atom is -0.507 e. The van der Waals surface area contributed by atoms with Gasteiger partial charge in [-0.1, -0.05) is 0 Å². The van der Waals surface area contributed by atoms with Gasteiger partial charge in [-0.15, -0.1) is 10.2 Å². The average Bonchev–Trinajstić information content (AvgIpc) is 2.55. The number of aromatic hydroxyl groups is 1. The molecule has 1 unspecified atom stereocenters. The second kappa shape index (κ2) is 7.11. The molecule has 0 radical (unpaired) electrons. The number of rotatable bonds is 3. The standard InChI is InChI=1S/C18H20F3N3O2/c1-11-8-12(18(19,20)21)9-15(25)17(11)14-5-6-16(23-22-14)26-13-4-3-7-24(2)10-13/h5-6,8-9,13,25H,3-4,7,10H2,1-2H3. The van der Waals surface area contributed by atoms with E-state index >= 15 is 0 Å². The van der Waals surface area contributed by atoms with Crippen LogP contribution in [0, 0.1) is 6.92 Å². The minimum absolute atomic E-state index is 0.0371. The summed E-state index contributed by atoms with van der Waals surface area (Å²) in [6.45, 7) is 3.34. The first-order chi connectivity index (χ1) is 12.2. The number of nitrogens with zero attached hydrogens (tertiary/aromatic N) is 3.